The van der Waals surface area contributed by atoms with Crippen molar-refractivity contribution in [2.24, 2.45) is 0 Å². The number of rotatable bonds is 5. The molecule has 5 rings (SSSR count). The Morgan fingerprint density at radius 2 is 1.97 bits per heavy atom. The van der Waals surface area contributed by atoms with Crippen molar-refractivity contribution in [2.75, 3.05) is 5.32 Å². The number of hydrogen-bond donors (Lipinski definition) is 1. The molecule has 0 spiro atoms. The first-order chi connectivity index (χ1) is 15.9. The van der Waals surface area contributed by atoms with Gasteiger partial charge < -0.3 is 9.84 Å². The number of nitrogens with zero attached hydrogens (tertiary/aromatic N) is 4. The Bertz CT molecular complexity index is 1350. The van der Waals surface area contributed by atoms with Gasteiger partial charge in [-0.05, 0) is 49.9 Å². The van der Waals surface area contributed by atoms with Gasteiger partial charge >= 0.3 is 0 Å². The molecule has 0 fully saturated rings. The number of benzene rings is 2. The minimum absolute atomic E-state index is 0.121. The number of hydrogen-bond acceptors (Lipinski definition) is 5. The van der Waals surface area contributed by atoms with Crippen LogP contribution in [0.2, 0.25) is 0 Å². The second-order valence-corrected chi connectivity index (χ2v) is 8.55. The van der Waals surface area contributed by atoms with Gasteiger partial charge in [0.15, 0.2) is 11.5 Å². The van der Waals surface area contributed by atoms with E-state index >= 15 is 0 Å². The maximum absolute atomic E-state index is 14.5. The van der Waals surface area contributed by atoms with Gasteiger partial charge in [0, 0.05) is 17.2 Å². The zero-order valence-corrected chi connectivity index (χ0v) is 18.7. The van der Waals surface area contributed by atoms with Gasteiger partial charge in [-0.1, -0.05) is 43.3 Å². The van der Waals surface area contributed by atoms with Crippen molar-refractivity contribution in [3.63, 3.8) is 0 Å². The molecule has 1 N–H and O–H groups in total. The third-order valence-corrected chi connectivity index (χ3v) is 5.93. The van der Waals surface area contributed by atoms with Crippen LogP contribution >= 0.6 is 0 Å². The first-order valence-electron chi connectivity index (χ1n) is 11.0. The second-order valence-electron chi connectivity index (χ2n) is 8.55. The number of nitrogens with one attached hydrogen (secondary N) is 1. The lowest BCUT2D eigenvalue weighted by Gasteiger charge is -2.11. The van der Waals surface area contributed by atoms with Gasteiger partial charge in [-0.25, -0.2) is 9.07 Å². The number of aromatic nitrogens is 4. The summed E-state index contributed by atoms with van der Waals surface area (Å²) in [6.45, 7) is 5.88. The molecule has 1 aliphatic carbocycles. The molecule has 2 heterocycles. The van der Waals surface area contributed by atoms with Crippen LogP contribution in [0.15, 0.2) is 47.0 Å². The lowest BCUT2D eigenvalue weighted by atomic mass is 10.1. The fraction of sp³-hybridized carbons (Fsp3) is 0.280. The Labute approximate surface area is 190 Å². The minimum atomic E-state index is -0.375. The van der Waals surface area contributed by atoms with Crippen molar-refractivity contribution in [1.82, 2.24) is 19.9 Å². The molecular formula is C25H24FN5O2. The van der Waals surface area contributed by atoms with E-state index in [0.717, 1.165) is 36.1 Å². The molecule has 1 amide bonds. The first-order valence-corrected chi connectivity index (χ1v) is 11.0. The zero-order valence-electron chi connectivity index (χ0n) is 18.7. The molecule has 0 radical (unpaired) electrons. The Morgan fingerprint density at radius 3 is 2.73 bits per heavy atom. The van der Waals surface area contributed by atoms with Crippen molar-refractivity contribution >= 4 is 11.6 Å². The zero-order chi connectivity index (χ0) is 23.1. The second kappa shape index (κ2) is 8.27. The van der Waals surface area contributed by atoms with Gasteiger partial charge in [-0.3, -0.25) is 4.79 Å². The van der Waals surface area contributed by atoms with Gasteiger partial charge in [-0.15, -0.1) is 0 Å². The van der Waals surface area contributed by atoms with E-state index in [9.17, 15) is 9.18 Å². The Balaban J connectivity index is 1.53. The Morgan fingerprint density at radius 1 is 1.15 bits per heavy atom. The molecule has 0 saturated heterocycles. The highest BCUT2D eigenvalue weighted by atomic mass is 19.1. The highest BCUT2D eigenvalue weighted by Gasteiger charge is 2.29. The van der Waals surface area contributed by atoms with Crippen LogP contribution in [0.25, 0.3) is 17.1 Å². The number of aryl methyl sites for hydroxylation is 1. The summed E-state index contributed by atoms with van der Waals surface area (Å²) < 4.78 is 21.5. The van der Waals surface area contributed by atoms with Gasteiger partial charge in [0.05, 0.1) is 11.3 Å². The number of fused-ring (bicyclic) bond motifs is 1. The maximum atomic E-state index is 14.5. The molecule has 33 heavy (non-hydrogen) atoms. The number of anilines is 1. The number of carbonyl (C=O) groups is 1. The van der Waals surface area contributed by atoms with E-state index in [-0.39, 0.29) is 17.6 Å². The van der Waals surface area contributed by atoms with Crippen molar-refractivity contribution in [3.8, 4) is 17.1 Å². The number of carbonyl (C=O) groups excluding carboxylic acids is 1. The van der Waals surface area contributed by atoms with Crippen molar-refractivity contribution in [1.29, 1.82) is 0 Å². The van der Waals surface area contributed by atoms with Crippen molar-refractivity contribution in [2.45, 2.75) is 46.0 Å². The summed E-state index contributed by atoms with van der Waals surface area (Å²) in [5.41, 5.74) is 4.50. The molecule has 0 saturated carbocycles. The largest absolute Gasteiger partial charge is 0.334 e. The predicted molar refractivity (Wildman–Crippen MR) is 122 cm³/mol. The standard InChI is InChI=1S/C25H24FN5O2/c1-14(2)23-28-25(33-30-23)17-10-6-8-15(3)21(17)27-24(32)22-16-9-7-13-19(16)31(29-22)20-12-5-4-11-18(20)26/h4-6,8,10-12,14H,7,9,13H2,1-3H3,(H,27,32). The number of para-hydroxylation sites is 2. The topological polar surface area (TPSA) is 85.8 Å². The predicted octanol–water partition coefficient (Wildman–Crippen LogP) is 5.23. The fourth-order valence-electron chi connectivity index (χ4n) is 4.21. The van der Waals surface area contributed by atoms with Crippen molar-refractivity contribution in [3.05, 3.63) is 76.6 Å². The molecule has 0 unspecified atom stereocenters. The van der Waals surface area contributed by atoms with E-state index < -0.39 is 0 Å². The van der Waals surface area contributed by atoms with Crippen LogP contribution in [0, 0.1) is 12.7 Å². The van der Waals surface area contributed by atoms with Crippen LogP contribution in [0.4, 0.5) is 10.1 Å². The maximum Gasteiger partial charge on any atom is 0.276 e. The van der Waals surface area contributed by atoms with Gasteiger partial charge in [-0.2, -0.15) is 10.1 Å². The van der Waals surface area contributed by atoms with E-state index in [4.69, 9.17) is 4.52 Å². The summed E-state index contributed by atoms with van der Waals surface area (Å²) >= 11 is 0. The van der Waals surface area contributed by atoms with Crippen LogP contribution in [0.5, 0.6) is 0 Å². The van der Waals surface area contributed by atoms with Crippen LogP contribution in [-0.4, -0.2) is 25.8 Å². The highest BCUT2D eigenvalue weighted by Crippen LogP contribution is 2.33. The van der Waals surface area contributed by atoms with E-state index in [1.807, 2.05) is 39.0 Å². The molecule has 0 atom stereocenters. The van der Waals surface area contributed by atoms with Gasteiger partial charge in [0.25, 0.3) is 11.8 Å². The van der Waals surface area contributed by atoms with E-state index in [1.165, 1.54) is 6.07 Å². The third-order valence-electron chi connectivity index (χ3n) is 5.93. The molecule has 0 bridgehead atoms. The fourth-order valence-corrected chi connectivity index (χ4v) is 4.21. The van der Waals surface area contributed by atoms with Crippen LogP contribution in [0.3, 0.4) is 0 Å². The van der Waals surface area contributed by atoms with Crippen LogP contribution in [-0.2, 0) is 12.8 Å². The monoisotopic (exact) mass is 445 g/mol. The number of amides is 1. The van der Waals surface area contributed by atoms with Gasteiger partial charge in [0.2, 0.25) is 0 Å². The molecule has 0 aliphatic heterocycles. The summed E-state index contributed by atoms with van der Waals surface area (Å²) in [4.78, 5) is 17.9. The minimum Gasteiger partial charge on any atom is -0.334 e. The molecule has 1 aliphatic rings. The quantitative estimate of drug-likeness (QED) is 0.454. The third kappa shape index (κ3) is 3.71. The smallest absolute Gasteiger partial charge is 0.276 e. The lowest BCUT2D eigenvalue weighted by Crippen LogP contribution is -2.16. The molecule has 7 nitrogen and oxygen atoms in total. The van der Waals surface area contributed by atoms with E-state index in [1.54, 1.807) is 22.9 Å². The molecule has 2 aromatic carbocycles. The summed E-state index contributed by atoms with van der Waals surface area (Å²) in [6.07, 6.45) is 2.38. The molecule has 4 aromatic rings. The molecular weight excluding hydrogens is 421 g/mol. The summed E-state index contributed by atoms with van der Waals surface area (Å²) in [7, 11) is 0. The summed E-state index contributed by atoms with van der Waals surface area (Å²) in [5, 5.41) is 11.6. The first kappa shape index (κ1) is 21.1. The average Bonchev–Trinajstić information content (AvgIpc) is 3.52. The van der Waals surface area contributed by atoms with Crippen LogP contribution < -0.4 is 5.32 Å². The highest BCUT2D eigenvalue weighted by molar-refractivity contribution is 6.06. The molecule has 2 aromatic heterocycles. The summed E-state index contributed by atoms with van der Waals surface area (Å²) in [6, 6.07) is 12.1. The lowest BCUT2D eigenvalue weighted by molar-refractivity contribution is 0.102. The van der Waals surface area contributed by atoms with Crippen molar-refractivity contribution < 1.29 is 13.7 Å². The summed E-state index contributed by atoms with van der Waals surface area (Å²) in [5.74, 6) is 0.350. The SMILES string of the molecule is Cc1cccc(-c2nc(C(C)C)no2)c1NC(=O)c1nn(-c2ccccc2F)c2c1CCC2. The van der Waals surface area contributed by atoms with Crippen LogP contribution in [0.1, 0.15) is 59.3 Å². The number of halogens is 1. The average molecular weight is 445 g/mol. The Kier molecular flexibility index (Phi) is 5.28. The van der Waals surface area contributed by atoms with E-state index in [0.29, 0.717) is 34.3 Å². The molecule has 168 valence electrons. The normalized spacial score (nSPS) is 12.9. The van der Waals surface area contributed by atoms with E-state index in [2.05, 4.69) is 20.6 Å². The molecule has 8 heteroatoms. The van der Waals surface area contributed by atoms with Gasteiger partial charge in [0.1, 0.15) is 11.5 Å². The Hall–Kier alpha value is -3.81.